The van der Waals surface area contributed by atoms with Crippen LogP contribution in [0.4, 0.5) is 5.82 Å². The second-order valence-electron chi connectivity index (χ2n) is 8.45. The molecule has 9 nitrogen and oxygen atoms in total. The molecule has 3 heterocycles. The molecule has 5 rings (SSSR count). The average Bonchev–Trinajstić information content (AvgIpc) is 3.52. The number of aromatic carboxylic acids is 1. The van der Waals surface area contributed by atoms with E-state index in [1.165, 1.54) is 12.1 Å². The Morgan fingerprint density at radius 3 is 2.56 bits per heavy atom. The summed E-state index contributed by atoms with van der Waals surface area (Å²) in [5.74, 6) is 0.326. The van der Waals surface area contributed by atoms with Crippen LogP contribution >= 0.6 is 0 Å². The van der Waals surface area contributed by atoms with E-state index in [9.17, 15) is 9.59 Å². The van der Waals surface area contributed by atoms with Crippen molar-refractivity contribution in [1.29, 1.82) is 0 Å². The first-order valence-corrected chi connectivity index (χ1v) is 10.8. The fraction of sp³-hybridized carbons (Fsp3) is 0.348. The van der Waals surface area contributed by atoms with E-state index in [4.69, 9.17) is 5.11 Å². The second kappa shape index (κ2) is 8.41. The Labute approximate surface area is 185 Å². The molecule has 1 aliphatic carbocycles. The number of carbonyl (C=O) groups excluding carboxylic acids is 1. The molecule has 1 amide bonds. The monoisotopic (exact) mass is 432 g/mol. The summed E-state index contributed by atoms with van der Waals surface area (Å²) in [6.07, 6.45) is 6.25. The van der Waals surface area contributed by atoms with Crippen LogP contribution in [0.5, 0.6) is 0 Å². The van der Waals surface area contributed by atoms with E-state index < -0.39 is 5.97 Å². The number of rotatable bonds is 8. The number of carboxylic acid groups (broad SMARTS) is 1. The van der Waals surface area contributed by atoms with Gasteiger partial charge in [0.1, 0.15) is 5.82 Å². The summed E-state index contributed by atoms with van der Waals surface area (Å²) >= 11 is 0. The highest BCUT2D eigenvalue weighted by atomic mass is 16.4. The molecule has 1 saturated heterocycles. The molecule has 1 aromatic carbocycles. The predicted octanol–water partition coefficient (Wildman–Crippen LogP) is 1.93. The maximum Gasteiger partial charge on any atom is 0.335 e. The van der Waals surface area contributed by atoms with E-state index in [-0.39, 0.29) is 23.4 Å². The van der Waals surface area contributed by atoms with Gasteiger partial charge in [0, 0.05) is 31.6 Å². The van der Waals surface area contributed by atoms with Crippen LogP contribution in [0, 0.1) is 11.8 Å². The maximum atomic E-state index is 13.0. The Kier molecular flexibility index (Phi) is 5.30. The van der Waals surface area contributed by atoms with E-state index in [1.54, 1.807) is 23.0 Å². The fourth-order valence-corrected chi connectivity index (χ4v) is 4.08. The van der Waals surface area contributed by atoms with Gasteiger partial charge in [-0.15, -0.1) is 5.10 Å². The molecule has 2 aliphatic rings. The third kappa shape index (κ3) is 4.32. The highest BCUT2D eigenvalue weighted by Gasteiger charge is 2.39. The van der Waals surface area contributed by atoms with E-state index in [0.29, 0.717) is 12.3 Å². The first-order valence-electron chi connectivity index (χ1n) is 10.8. The average molecular weight is 432 g/mol. The van der Waals surface area contributed by atoms with Gasteiger partial charge in [0.05, 0.1) is 29.2 Å². The van der Waals surface area contributed by atoms with Gasteiger partial charge in [0.15, 0.2) is 0 Å². The molecule has 164 valence electrons. The van der Waals surface area contributed by atoms with Crippen LogP contribution in [0.15, 0.2) is 54.9 Å². The first-order chi connectivity index (χ1) is 15.6. The second-order valence-corrected chi connectivity index (χ2v) is 8.45. The molecule has 1 saturated carbocycles. The zero-order valence-electron chi connectivity index (χ0n) is 17.5. The molecular formula is C23H24N6O3. The molecule has 0 spiro atoms. The molecule has 1 atom stereocenters. The summed E-state index contributed by atoms with van der Waals surface area (Å²) in [6.45, 7) is 1.53. The Morgan fingerprint density at radius 1 is 1.12 bits per heavy atom. The van der Waals surface area contributed by atoms with Crippen molar-refractivity contribution in [2.24, 2.45) is 11.8 Å². The largest absolute Gasteiger partial charge is 0.478 e. The van der Waals surface area contributed by atoms with Gasteiger partial charge in [-0.05, 0) is 55.2 Å². The molecule has 1 unspecified atom stereocenters. The van der Waals surface area contributed by atoms with Crippen LogP contribution in [-0.2, 0) is 11.2 Å². The van der Waals surface area contributed by atoms with E-state index in [0.717, 1.165) is 43.1 Å². The van der Waals surface area contributed by atoms with E-state index >= 15 is 0 Å². The summed E-state index contributed by atoms with van der Waals surface area (Å²) in [6, 6.07) is 12.4. The molecule has 2 aromatic heterocycles. The number of benzene rings is 1. The minimum absolute atomic E-state index is 0.0820. The maximum absolute atomic E-state index is 13.0. The van der Waals surface area contributed by atoms with Crippen LogP contribution in [-0.4, -0.2) is 56.1 Å². The third-order valence-electron chi connectivity index (χ3n) is 6.08. The molecule has 2 fully saturated rings. The Balaban J connectivity index is 1.19. The number of hydrogen-bond donors (Lipinski definition) is 2. The summed E-state index contributed by atoms with van der Waals surface area (Å²) < 4.78 is 1.61. The van der Waals surface area contributed by atoms with Gasteiger partial charge in [-0.25, -0.2) is 14.5 Å². The number of nitrogens with zero attached hydrogens (tertiary/aromatic N) is 5. The van der Waals surface area contributed by atoms with Crippen molar-refractivity contribution in [3.63, 3.8) is 0 Å². The number of aromatic nitrogens is 4. The highest BCUT2D eigenvalue weighted by Crippen LogP contribution is 2.38. The van der Waals surface area contributed by atoms with Crippen LogP contribution in [0.1, 0.15) is 28.9 Å². The number of carbonyl (C=O) groups is 2. The van der Waals surface area contributed by atoms with Gasteiger partial charge in [0.2, 0.25) is 5.91 Å². The van der Waals surface area contributed by atoms with Crippen LogP contribution in [0.2, 0.25) is 0 Å². The zero-order valence-corrected chi connectivity index (χ0v) is 17.5. The molecular weight excluding hydrogens is 408 g/mol. The van der Waals surface area contributed by atoms with Crippen molar-refractivity contribution in [3.8, 4) is 5.69 Å². The SMILES string of the molecule is O=C(O)c1ccc(-n2cc(CC(C(=O)NC3CN(c4ccccn4)C3)C3CC3)nn2)cc1. The number of nitrogens with one attached hydrogen (secondary N) is 1. The van der Waals surface area contributed by atoms with Crippen LogP contribution in [0.25, 0.3) is 5.69 Å². The Bertz CT molecular complexity index is 1100. The number of pyridine rings is 1. The van der Waals surface area contributed by atoms with Gasteiger partial charge in [-0.2, -0.15) is 0 Å². The van der Waals surface area contributed by atoms with Crippen LogP contribution < -0.4 is 10.2 Å². The number of anilines is 1. The minimum Gasteiger partial charge on any atom is -0.478 e. The molecule has 32 heavy (non-hydrogen) atoms. The van der Waals surface area contributed by atoms with Crippen molar-refractivity contribution in [1.82, 2.24) is 25.3 Å². The van der Waals surface area contributed by atoms with Crippen molar-refractivity contribution in [2.75, 3.05) is 18.0 Å². The molecule has 3 aromatic rings. The van der Waals surface area contributed by atoms with Gasteiger partial charge < -0.3 is 15.3 Å². The number of amides is 1. The molecule has 0 radical (unpaired) electrons. The van der Waals surface area contributed by atoms with Gasteiger partial charge in [-0.3, -0.25) is 4.79 Å². The van der Waals surface area contributed by atoms with Crippen LogP contribution in [0.3, 0.4) is 0 Å². The van der Waals surface area contributed by atoms with Crippen molar-refractivity contribution >= 4 is 17.7 Å². The standard InChI is InChI=1S/C23H24N6O3/c30-22(25-18-12-28(13-18)21-3-1-2-10-24-21)20(15-4-5-15)11-17-14-29(27-26-17)19-8-6-16(7-9-19)23(31)32/h1-3,6-10,14-15,18,20H,4-5,11-13H2,(H,25,30)(H,31,32). The lowest BCUT2D eigenvalue weighted by atomic mass is 9.96. The summed E-state index contributed by atoms with van der Waals surface area (Å²) in [7, 11) is 0. The van der Waals surface area contributed by atoms with Gasteiger partial charge in [-0.1, -0.05) is 11.3 Å². The number of carboxylic acids is 1. The Hall–Kier alpha value is -3.75. The summed E-state index contributed by atoms with van der Waals surface area (Å²) in [4.78, 5) is 30.5. The van der Waals surface area contributed by atoms with Gasteiger partial charge >= 0.3 is 5.97 Å². The zero-order chi connectivity index (χ0) is 22.1. The summed E-state index contributed by atoms with van der Waals surface area (Å²) in [5, 5.41) is 20.6. The van der Waals surface area contributed by atoms with Crippen molar-refractivity contribution < 1.29 is 14.7 Å². The van der Waals surface area contributed by atoms with E-state index in [1.807, 2.05) is 24.4 Å². The van der Waals surface area contributed by atoms with Crippen molar-refractivity contribution in [2.45, 2.75) is 25.3 Å². The lowest BCUT2D eigenvalue weighted by Crippen LogP contribution is -2.60. The third-order valence-corrected chi connectivity index (χ3v) is 6.08. The minimum atomic E-state index is -0.969. The Morgan fingerprint density at radius 2 is 1.91 bits per heavy atom. The van der Waals surface area contributed by atoms with Gasteiger partial charge in [0.25, 0.3) is 0 Å². The fourth-order valence-electron chi connectivity index (χ4n) is 4.08. The van der Waals surface area contributed by atoms with Crippen molar-refractivity contribution in [3.05, 3.63) is 66.1 Å². The topological polar surface area (TPSA) is 113 Å². The summed E-state index contributed by atoms with van der Waals surface area (Å²) in [5.41, 5.74) is 1.70. The smallest absolute Gasteiger partial charge is 0.335 e. The first kappa shape index (κ1) is 20.2. The normalized spacial score (nSPS) is 16.9. The highest BCUT2D eigenvalue weighted by molar-refractivity contribution is 5.87. The number of hydrogen-bond acceptors (Lipinski definition) is 6. The molecule has 1 aliphatic heterocycles. The molecule has 0 bridgehead atoms. The lowest BCUT2D eigenvalue weighted by molar-refractivity contribution is -0.126. The quantitative estimate of drug-likeness (QED) is 0.559. The molecule has 9 heteroatoms. The molecule has 2 N–H and O–H groups in total. The lowest BCUT2D eigenvalue weighted by Gasteiger charge is -2.40. The predicted molar refractivity (Wildman–Crippen MR) is 117 cm³/mol. The van der Waals surface area contributed by atoms with E-state index in [2.05, 4.69) is 25.5 Å².